The lowest BCUT2D eigenvalue weighted by Gasteiger charge is -2.24. The van der Waals surface area contributed by atoms with Crippen LogP contribution in [0.1, 0.15) is 55.0 Å². The van der Waals surface area contributed by atoms with Crippen LogP contribution in [0.5, 0.6) is 0 Å². The molecule has 0 saturated carbocycles. The minimum absolute atomic E-state index is 0.0174. The first-order valence-electron chi connectivity index (χ1n) is 7.59. The molecular weight excluding hydrogens is 266 g/mol. The quantitative estimate of drug-likeness (QED) is 0.880. The van der Waals surface area contributed by atoms with E-state index < -0.39 is 11.5 Å². The third-order valence-corrected chi connectivity index (χ3v) is 5.05. The molecule has 2 aliphatic rings. The van der Waals surface area contributed by atoms with E-state index in [0.717, 1.165) is 47.4 Å². The van der Waals surface area contributed by atoms with Gasteiger partial charge in [-0.15, -0.1) is 0 Å². The second-order valence-corrected chi connectivity index (χ2v) is 6.71. The van der Waals surface area contributed by atoms with E-state index in [1.807, 2.05) is 33.8 Å². The summed E-state index contributed by atoms with van der Waals surface area (Å²) in [5, 5.41) is 13.6. The van der Waals surface area contributed by atoms with Crippen LogP contribution in [0.25, 0.3) is 0 Å². The van der Waals surface area contributed by atoms with Crippen molar-refractivity contribution >= 4 is 11.6 Å². The Labute approximate surface area is 125 Å². The maximum Gasteiger partial charge on any atom is 0.234 e. The van der Waals surface area contributed by atoms with Gasteiger partial charge in [0, 0.05) is 12.3 Å². The van der Waals surface area contributed by atoms with Gasteiger partial charge in [0.1, 0.15) is 6.10 Å². The molecule has 4 nitrogen and oxygen atoms in total. The number of hydrogen-bond donors (Lipinski definition) is 2. The number of fused-ring (bicyclic) bond motifs is 1. The van der Waals surface area contributed by atoms with E-state index in [1.165, 1.54) is 0 Å². The lowest BCUT2D eigenvalue weighted by Crippen LogP contribution is -2.27. The lowest BCUT2D eigenvalue weighted by atomic mass is 9.82. The highest BCUT2D eigenvalue weighted by molar-refractivity contribution is 6.06. The molecular formula is C17H23NO3. The number of anilines is 1. The number of hydrogen-bond acceptors (Lipinski definition) is 3. The van der Waals surface area contributed by atoms with Crippen LogP contribution in [0.2, 0.25) is 0 Å². The van der Waals surface area contributed by atoms with Gasteiger partial charge in [-0.3, -0.25) is 4.79 Å². The molecule has 114 valence electrons. The zero-order chi connectivity index (χ0) is 15.4. The van der Waals surface area contributed by atoms with Gasteiger partial charge in [-0.05, 0) is 68.9 Å². The standard InChI is InChI=1S/C17H23NO3/c1-9-10(2)14-12(17(3,4)16(20)18-14)8-11(9)15(19)13-6-5-7-21-13/h8,13,15,19H,5-7H2,1-4H3,(H,18,20). The highest BCUT2D eigenvalue weighted by atomic mass is 16.5. The smallest absolute Gasteiger partial charge is 0.234 e. The highest BCUT2D eigenvalue weighted by Crippen LogP contribution is 2.43. The third kappa shape index (κ3) is 2.09. The van der Waals surface area contributed by atoms with E-state index in [1.54, 1.807) is 0 Å². The van der Waals surface area contributed by atoms with Crippen molar-refractivity contribution in [1.82, 2.24) is 0 Å². The summed E-state index contributed by atoms with van der Waals surface area (Å²) < 4.78 is 5.62. The van der Waals surface area contributed by atoms with E-state index in [2.05, 4.69) is 5.32 Å². The minimum atomic E-state index is -0.622. The molecule has 4 heteroatoms. The number of ether oxygens (including phenoxy) is 1. The SMILES string of the molecule is Cc1c(C(O)C2CCCO2)cc2c(c1C)NC(=O)C2(C)C. The molecule has 1 fully saturated rings. The van der Waals surface area contributed by atoms with Crippen molar-refractivity contribution in [2.45, 2.75) is 58.2 Å². The van der Waals surface area contributed by atoms with E-state index in [-0.39, 0.29) is 12.0 Å². The number of nitrogens with one attached hydrogen (secondary N) is 1. The van der Waals surface area contributed by atoms with Crippen LogP contribution in [-0.4, -0.2) is 23.7 Å². The molecule has 0 aliphatic carbocycles. The Hall–Kier alpha value is -1.39. The Balaban J connectivity index is 2.09. The summed E-state index contributed by atoms with van der Waals surface area (Å²) in [6, 6.07) is 1.99. The number of amides is 1. The van der Waals surface area contributed by atoms with Gasteiger partial charge in [0.05, 0.1) is 11.5 Å². The number of aliphatic hydroxyl groups excluding tert-OH is 1. The first-order valence-corrected chi connectivity index (χ1v) is 7.59. The second kappa shape index (κ2) is 4.82. The first-order chi connectivity index (χ1) is 9.84. The molecule has 1 saturated heterocycles. The summed E-state index contributed by atoms with van der Waals surface area (Å²) in [6.45, 7) is 8.56. The molecule has 1 aromatic carbocycles. The molecule has 3 rings (SSSR count). The molecule has 1 aromatic rings. The average molecular weight is 289 g/mol. The fourth-order valence-electron chi connectivity index (χ4n) is 3.35. The summed E-state index contributed by atoms with van der Waals surface area (Å²) in [5.41, 5.74) is 4.29. The summed E-state index contributed by atoms with van der Waals surface area (Å²) in [5.74, 6) is 0.0174. The van der Waals surface area contributed by atoms with Crippen molar-refractivity contribution < 1.29 is 14.6 Å². The lowest BCUT2D eigenvalue weighted by molar-refractivity contribution is -0.119. The van der Waals surface area contributed by atoms with Crippen LogP contribution in [0.15, 0.2) is 6.07 Å². The number of carbonyl (C=O) groups excluding carboxylic acids is 1. The Morgan fingerprint density at radius 1 is 1.38 bits per heavy atom. The predicted molar refractivity (Wildman–Crippen MR) is 81.5 cm³/mol. The molecule has 2 aliphatic heterocycles. The molecule has 0 bridgehead atoms. The Kier molecular flexibility index (Phi) is 3.34. The summed E-state index contributed by atoms with van der Waals surface area (Å²) >= 11 is 0. The van der Waals surface area contributed by atoms with Gasteiger partial charge in [-0.25, -0.2) is 0 Å². The minimum Gasteiger partial charge on any atom is -0.386 e. The van der Waals surface area contributed by atoms with Crippen LogP contribution >= 0.6 is 0 Å². The Morgan fingerprint density at radius 2 is 2.10 bits per heavy atom. The topological polar surface area (TPSA) is 58.6 Å². The van der Waals surface area contributed by atoms with Crippen molar-refractivity contribution in [3.8, 4) is 0 Å². The number of benzene rings is 1. The van der Waals surface area contributed by atoms with Crippen LogP contribution in [0.3, 0.4) is 0 Å². The fourth-order valence-corrected chi connectivity index (χ4v) is 3.35. The summed E-state index contributed by atoms with van der Waals surface area (Å²) in [7, 11) is 0. The summed E-state index contributed by atoms with van der Waals surface area (Å²) in [6.07, 6.45) is 1.13. The maximum absolute atomic E-state index is 12.2. The molecule has 2 heterocycles. The normalized spacial score (nSPS) is 24.8. The Morgan fingerprint density at radius 3 is 2.71 bits per heavy atom. The van der Waals surface area contributed by atoms with Gasteiger partial charge in [0.2, 0.25) is 5.91 Å². The third-order valence-electron chi connectivity index (χ3n) is 5.05. The van der Waals surface area contributed by atoms with Gasteiger partial charge >= 0.3 is 0 Å². The van der Waals surface area contributed by atoms with Gasteiger partial charge in [-0.1, -0.05) is 0 Å². The van der Waals surface area contributed by atoms with E-state index in [9.17, 15) is 9.90 Å². The van der Waals surface area contributed by atoms with Crippen molar-refractivity contribution in [2.24, 2.45) is 0 Å². The van der Waals surface area contributed by atoms with Crippen LogP contribution in [-0.2, 0) is 14.9 Å². The van der Waals surface area contributed by atoms with Crippen molar-refractivity contribution in [3.63, 3.8) is 0 Å². The van der Waals surface area contributed by atoms with E-state index in [4.69, 9.17) is 4.74 Å². The van der Waals surface area contributed by atoms with Crippen molar-refractivity contribution in [3.05, 3.63) is 28.3 Å². The van der Waals surface area contributed by atoms with Crippen molar-refractivity contribution in [2.75, 3.05) is 11.9 Å². The zero-order valence-electron chi connectivity index (χ0n) is 13.1. The first kappa shape index (κ1) is 14.5. The summed E-state index contributed by atoms with van der Waals surface area (Å²) in [4.78, 5) is 12.2. The number of rotatable bonds is 2. The monoisotopic (exact) mass is 289 g/mol. The molecule has 0 aromatic heterocycles. The maximum atomic E-state index is 12.2. The zero-order valence-corrected chi connectivity index (χ0v) is 13.1. The molecule has 2 unspecified atom stereocenters. The molecule has 0 radical (unpaired) electrons. The molecule has 21 heavy (non-hydrogen) atoms. The second-order valence-electron chi connectivity index (χ2n) is 6.71. The average Bonchev–Trinajstić information content (AvgIpc) is 3.03. The number of aliphatic hydroxyl groups is 1. The van der Waals surface area contributed by atoms with E-state index in [0.29, 0.717) is 0 Å². The van der Waals surface area contributed by atoms with Gasteiger partial charge in [0.25, 0.3) is 0 Å². The largest absolute Gasteiger partial charge is 0.386 e. The van der Waals surface area contributed by atoms with Crippen molar-refractivity contribution in [1.29, 1.82) is 0 Å². The molecule has 0 spiro atoms. The fraction of sp³-hybridized carbons (Fsp3) is 0.588. The molecule has 1 amide bonds. The van der Waals surface area contributed by atoms with Crippen LogP contribution in [0.4, 0.5) is 5.69 Å². The predicted octanol–water partition coefficient (Wildman–Crippen LogP) is 2.75. The Bertz CT molecular complexity index is 601. The van der Waals surface area contributed by atoms with Gasteiger partial charge < -0.3 is 15.2 Å². The van der Waals surface area contributed by atoms with Crippen LogP contribution in [0, 0.1) is 13.8 Å². The highest BCUT2D eigenvalue weighted by Gasteiger charge is 2.41. The van der Waals surface area contributed by atoms with E-state index >= 15 is 0 Å². The van der Waals surface area contributed by atoms with Gasteiger partial charge in [-0.2, -0.15) is 0 Å². The molecule has 2 atom stereocenters. The van der Waals surface area contributed by atoms with Crippen LogP contribution < -0.4 is 5.32 Å². The van der Waals surface area contributed by atoms with Gasteiger partial charge in [0.15, 0.2) is 0 Å². The molecule has 2 N–H and O–H groups in total. The number of carbonyl (C=O) groups is 1.